The van der Waals surface area contributed by atoms with Gasteiger partial charge in [-0.25, -0.2) is 9.38 Å². The van der Waals surface area contributed by atoms with Crippen LogP contribution in [0.15, 0.2) is 48.5 Å². The van der Waals surface area contributed by atoms with Gasteiger partial charge in [0.25, 0.3) is 5.91 Å². The van der Waals surface area contributed by atoms with Crippen LogP contribution in [-0.2, 0) is 0 Å². The van der Waals surface area contributed by atoms with Gasteiger partial charge in [0.15, 0.2) is 5.65 Å². The first kappa shape index (κ1) is 21.2. The molecule has 0 N–H and O–H groups in total. The molecule has 1 amide bonds. The summed E-state index contributed by atoms with van der Waals surface area (Å²) in [4.78, 5) is 22.5. The Labute approximate surface area is 192 Å². The molecule has 1 aliphatic heterocycles. The second kappa shape index (κ2) is 8.35. The highest BCUT2D eigenvalue weighted by Gasteiger charge is 2.32. The molecule has 2 aromatic heterocycles. The summed E-state index contributed by atoms with van der Waals surface area (Å²) in [6.07, 6.45) is 0. The number of ether oxygens (including phenoxy) is 1. The molecule has 1 aliphatic rings. The Morgan fingerprint density at radius 1 is 1.06 bits per heavy atom. The van der Waals surface area contributed by atoms with Crippen molar-refractivity contribution in [2.24, 2.45) is 0 Å². The number of hydrogen-bond acceptors (Lipinski definition) is 6. The van der Waals surface area contributed by atoms with Crippen molar-refractivity contribution in [2.75, 3.05) is 31.6 Å². The fourth-order valence-corrected chi connectivity index (χ4v) is 4.59. The molecule has 1 fully saturated rings. The van der Waals surface area contributed by atoms with E-state index in [1.165, 1.54) is 0 Å². The number of rotatable bonds is 4. The first-order valence-corrected chi connectivity index (χ1v) is 11.3. The van der Waals surface area contributed by atoms with Crippen LogP contribution in [0.1, 0.15) is 42.9 Å². The second-order valence-corrected chi connectivity index (χ2v) is 8.79. The van der Waals surface area contributed by atoms with Crippen LogP contribution in [0, 0.1) is 0 Å². The zero-order chi connectivity index (χ0) is 23.1. The van der Waals surface area contributed by atoms with Crippen molar-refractivity contribution >= 4 is 28.4 Å². The molecule has 0 aliphatic carbocycles. The van der Waals surface area contributed by atoms with Crippen LogP contribution in [-0.4, -0.2) is 63.2 Å². The molecule has 0 spiro atoms. The Kier molecular flexibility index (Phi) is 5.36. The van der Waals surface area contributed by atoms with E-state index in [1.54, 1.807) is 7.11 Å². The third-order valence-corrected chi connectivity index (χ3v) is 6.28. The van der Waals surface area contributed by atoms with Crippen molar-refractivity contribution in [3.8, 4) is 5.75 Å². The van der Waals surface area contributed by atoms with E-state index in [0.29, 0.717) is 30.9 Å². The predicted octanol–water partition coefficient (Wildman–Crippen LogP) is 3.76. The molecule has 0 saturated carbocycles. The van der Waals surface area contributed by atoms with Crippen molar-refractivity contribution < 1.29 is 9.53 Å². The molecule has 0 radical (unpaired) electrons. The Bertz CT molecular complexity index is 1330. The summed E-state index contributed by atoms with van der Waals surface area (Å²) < 4.78 is 7.49. The molecule has 5 rings (SSSR count). The topological polar surface area (TPSA) is 75.9 Å². The van der Waals surface area contributed by atoms with Gasteiger partial charge >= 0.3 is 0 Å². The van der Waals surface area contributed by atoms with Gasteiger partial charge in [0.2, 0.25) is 5.95 Å². The van der Waals surface area contributed by atoms with Crippen molar-refractivity contribution in [1.82, 2.24) is 24.5 Å². The number of aromatic nitrogens is 4. The van der Waals surface area contributed by atoms with Crippen molar-refractivity contribution in [1.29, 1.82) is 0 Å². The largest absolute Gasteiger partial charge is 0.496 e. The van der Waals surface area contributed by atoms with Crippen LogP contribution in [0.3, 0.4) is 0 Å². The molecule has 0 bridgehead atoms. The first-order valence-electron chi connectivity index (χ1n) is 11.3. The summed E-state index contributed by atoms with van der Waals surface area (Å²) in [6.45, 7) is 8.22. The molecule has 8 nitrogen and oxygen atoms in total. The van der Waals surface area contributed by atoms with E-state index in [4.69, 9.17) is 9.72 Å². The number of carbonyl (C=O) groups excluding carboxylic acids is 1. The summed E-state index contributed by atoms with van der Waals surface area (Å²) in [5.41, 5.74) is 2.30. The van der Waals surface area contributed by atoms with Gasteiger partial charge in [-0.3, -0.25) is 4.79 Å². The smallest absolute Gasteiger partial charge is 0.257 e. The van der Waals surface area contributed by atoms with Crippen molar-refractivity contribution in [3.05, 3.63) is 59.9 Å². The summed E-state index contributed by atoms with van der Waals surface area (Å²) in [5.74, 6) is 2.50. The number of carbonyl (C=O) groups is 1. The van der Waals surface area contributed by atoms with Crippen LogP contribution >= 0.6 is 0 Å². The van der Waals surface area contributed by atoms with Gasteiger partial charge in [0.05, 0.1) is 18.2 Å². The van der Waals surface area contributed by atoms with E-state index in [0.717, 1.165) is 28.3 Å². The number of anilines is 1. The highest BCUT2D eigenvalue weighted by molar-refractivity contribution is 5.97. The fourth-order valence-electron chi connectivity index (χ4n) is 4.59. The lowest BCUT2D eigenvalue weighted by Gasteiger charge is -2.40. The molecule has 2 aromatic carbocycles. The zero-order valence-electron chi connectivity index (χ0n) is 19.4. The normalized spacial score (nSPS) is 16.7. The Morgan fingerprint density at radius 2 is 1.82 bits per heavy atom. The summed E-state index contributed by atoms with van der Waals surface area (Å²) >= 11 is 0. The predicted molar refractivity (Wildman–Crippen MR) is 128 cm³/mol. The number of amides is 1. The van der Waals surface area contributed by atoms with Crippen molar-refractivity contribution in [3.63, 3.8) is 0 Å². The molecule has 4 aromatic rings. The molecule has 1 saturated heterocycles. The number of benzene rings is 2. The first-order chi connectivity index (χ1) is 16.0. The number of fused-ring (bicyclic) bond motifs is 3. The highest BCUT2D eigenvalue weighted by atomic mass is 16.5. The zero-order valence-corrected chi connectivity index (χ0v) is 19.4. The lowest BCUT2D eigenvalue weighted by molar-refractivity contribution is 0.0669. The standard InChI is InChI=1S/C25H28N6O2/c1-16(2)22-27-28-23-18-9-5-7-11-20(18)26-25(31(22)23)29-13-14-30(17(3)15-29)24(32)19-10-6-8-12-21(19)33-4/h5-12,16-17H,13-15H2,1-4H3. The van der Waals surface area contributed by atoms with E-state index in [9.17, 15) is 4.79 Å². The number of para-hydroxylation sites is 2. The van der Waals surface area contributed by atoms with Crippen molar-refractivity contribution in [2.45, 2.75) is 32.7 Å². The molecule has 170 valence electrons. The minimum absolute atomic E-state index is 0.00142. The van der Waals surface area contributed by atoms with Gasteiger partial charge < -0.3 is 14.5 Å². The molecular weight excluding hydrogens is 416 g/mol. The average Bonchev–Trinajstić information content (AvgIpc) is 3.29. The summed E-state index contributed by atoms with van der Waals surface area (Å²) in [6, 6.07) is 15.4. The monoisotopic (exact) mass is 444 g/mol. The lowest BCUT2D eigenvalue weighted by Crippen LogP contribution is -2.54. The minimum Gasteiger partial charge on any atom is -0.496 e. The van der Waals surface area contributed by atoms with Crippen LogP contribution in [0.5, 0.6) is 5.75 Å². The molecule has 33 heavy (non-hydrogen) atoms. The van der Waals surface area contributed by atoms with E-state index in [-0.39, 0.29) is 17.9 Å². The number of piperazine rings is 1. The molecule has 1 unspecified atom stereocenters. The third kappa shape index (κ3) is 3.55. The molecule has 1 atom stereocenters. The quantitative estimate of drug-likeness (QED) is 0.477. The van der Waals surface area contributed by atoms with Crippen LogP contribution in [0.4, 0.5) is 5.95 Å². The lowest BCUT2D eigenvalue weighted by atomic mass is 10.1. The second-order valence-electron chi connectivity index (χ2n) is 8.79. The Balaban J connectivity index is 1.51. The van der Waals surface area contributed by atoms with Gasteiger partial charge in [-0.2, -0.15) is 0 Å². The number of nitrogens with zero attached hydrogens (tertiary/aromatic N) is 6. The van der Waals surface area contributed by atoms with Crippen LogP contribution < -0.4 is 9.64 Å². The summed E-state index contributed by atoms with van der Waals surface area (Å²) in [7, 11) is 1.59. The number of hydrogen-bond donors (Lipinski definition) is 0. The SMILES string of the molecule is COc1ccccc1C(=O)N1CCN(c2nc3ccccc3c3nnc(C(C)C)n23)CC1C. The van der Waals surface area contributed by atoms with E-state index >= 15 is 0 Å². The summed E-state index contributed by atoms with van der Waals surface area (Å²) in [5, 5.41) is 9.99. The van der Waals surface area contributed by atoms with Crippen LogP contribution in [0.2, 0.25) is 0 Å². The third-order valence-electron chi connectivity index (χ3n) is 6.28. The van der Waals surface area contributed by atoms with Gasteiger partial charge in [-0.1, -0.05) is 38.1 Å². The maximum atomic E-state index is 13.3. The average molecular weight is 445 g/mol. The van der Waals surface area contributed by atoms with Gasteiger partial charge in [-0.05, 0) is 31.2 Å². The maximum Gasteiger partial charge on any atom is 0.257 e. The van der Waals surface area contributed by atoms with Gasteiger partial charge in [0, 0.05) is 37.0 Å². The highest BCUT2D eigenvalue weighted by Crippen LogP contribution is 2.29. The van der Waals surface area contributed by atoms with E-state index in [2.05, 4.69) is 40.3 Å². The van der Waals surface area contributed by atoms with Gasteiger partial charge in [-0.15, -0.1) is 10.2 Å². The molecule has 3 heterocycles. The van der Waals surface area contributed by atoms with Gasteiger partial charge in [0.1, 0.15) is 11.6 Å². The fraction of sp³-hybridized carbons (Fsp3) is 0.360. The van der Waals surface area contributed by atoms with E-state index < -0.39 is 0 Å². The Hall–Kier alpha value is -3.68. The molecule has 8 heteroatoms. The van der Waals surface area contributed by atoms with Crippen LogP contribution in [0.25, 0.3) is 16.6 Å². The minimum atomic E-state index is -0.0108. The Morgan fingerprint density at radius 3 is 2.58 bits per heavy atom. The maximum absolute atomic E-state index is 13.3. The van der Waals surface area contributed by atoms with E-state index in [1.807, 2.05) is 53.4 Å². The number of methoxy groups -OCH3 is 1. The molecular formula is C25H28N6O2.